The summed E-state index contributed by atoms with van der Waals surface area (Å²) in [5.74, 6) is -1.67. The smallest absolute Gasteiger partial charge is 0.354 e. The number of carbonyl (C=O) groups is 2. The molecule has 0 saturated heterocycles. The Labute approximate surface area is 113 Å². The normalized spacial score (nSPS) is 10.2. The van der Waals surface area contributed by atoms with E-state index in [-0.39, 0.29) is 22.1 Å². The third-order valence-corrected chi connectivity index (χ3v) is 2.72. The summed E-state index contributed by atoms with van der Waals surface area (Å²) >= 11 is 5.80. The molecule has 0 spiro atoms. The summed E-state index contributed by atoms with van der Waals surface area (Å²) in [5.41, 5.74) is 0.921. The van der Waals surface area contributed by atoms with E-state index in [9.17, 15) is 9.59 Å². The second kappa shape index (κ2) is 5.11. The van der Waals surface area contributed by atoms with Crippen molar-refractivity contribution in [2.24, 2.45) is 0 Å². The van der Waals surface area contributed by atoms with Gasteiger partial charge in [0.2, 0.25) is 0 Å². The van der Waals surface area contributed by atoms with Crippen molar-refractivity contribution < 1.29 is 14.7 Å². The fourth-order valence-electron chi connectivity index (χ4n) is 1.60. The van der Waals surface area contributed by atoms with Crippen LogP contribution in [0.25, 0.3) is 0 Å². The lowest BCUT2D eigenvalue weighted by atomic mass is 10.2. The molecule has 7 heteroatoms. The van der Waals surface area contributed by atoms with Crippen LogP contribution in [0.5, 0.6) is 0 Å². The molecule has 2 heterocycles. The van der Waals surface area contributed by atoms with Crippen molar-refractivity contribution in [3.05, 3.63) is 46.5 Å². The van der Waals surface area contributed by atoms with Crippen molar-refractivity contribution in [1.29, 1.82) is 0 Å². The van der Waals surface area contributed by atoms with E-state index >= 15 is 0 Å². The molecule has 0 aromatic carbocycles. The van der Waals surface area contributed by atoms with Crippen LogP contribution in [0.15, 0.2) is 24.4 Å². The fraction of sp³-hybridized carbons (Fsp3) is 0.0833. The van der Waals surface area contributed by atoms with Gasteiger partial charge >= 0.3 is 5.97 Å². The average Bonchev–Trinajstić information content (AvgIpc) is 2.70. The van der Waals surface area contributed by atoms with E-state index in [2.05, 4.69) is 15.3 Å². The number of carboxylic acid groups (broad SMARTS) is 1. The van der Waals surface area contributed by atoms with Crippen molar-refractivity contribution in [2.75, 3.05) is 5.32 Å². The Morgan fingerprint density at radius 2 is 2.21 bits per heavy atom. The van der Waals surface area contributed by atoms with Gasteiger partial charge in [-0.15, -0.1) is 0 Å². The lowest BCUT2D eigenvalue weighted by Gasteiger charge is -2.05. The minimum atomic E-state index is -1.15. The third-order valence-electron chi connectivity index (χ3n) is 2.42. The van der Waals surface area contributed by atoms with E-state index in [1.165, 1.54) is 18.3 Å². The summed E-state index contributed by atoms with van der Waals surface area (Å²) in [4.78, 5) is 29.4. The number of hydrogen-bond acceptors (Lipinski definition) is 3. The Morgan fingerprint density at radius 3 is 2.84 bits per heavy atom. The molecule has 6 nitrogen and oxygen atoms in total. The minimum absolute atomic E-state index is 0.0594. The highest BCUT2D eigenvalue weighted by atomic mass is 35.5. The van der Waals surface area contributed by atoms with Gasteiger partial charge in [0.25, 0.3) is 5.91 Å². The van der Waals surface area contributed by atoms with E-state index in [1.807, 2.05) is 0 Å². The number of halogens is 1. The Morgan fingerprint density at radius 1 is 1.47 bits per heavy atom. The molecule has 2 aromatic rings. The Hall–Kier alpha value is -2.34. The van der Waals surface area contributed by atoms with Crippen LogP contribution in [0.1, 0.15) is 26.5 Å². The zero-order valence-electron chi connectivity index (χ0n) is 9.90. The van der Waals surface area contributed by atoms with Crippen LogP contribution in [0.4, 0.5) is 5.69 Å². The van der Waals surface area contributed by atoms with Crippen LogP contribution >= 0.6 is 11.6 Å². The highest BCUT2D eigenvalue weighted by Crippen LogP contribution is 2.19. The number of H-pyrrole nitrogens is 1. The number of aromatic amines is 1. The number of anilines is 1. The molecular weight excluding hydrogens is 270 g/mol. The van der Waals surface area contributed by atoms with Gasteiger partial charge in [-0.25, -0.2) is 9.78 Å². The highest BCUT2D eigenvalue weighted by Gasteiger charge is 2.17. The zero-order valence-corrected chi connectivity index (χ0v) is 10.7. The molecular formula is C12H10ClN3O3. The standard InChI is InChI=1S/C12H10ClN3O3/c1-6-5-8(9(15-6)12(18)19)16-11(17)7-3-2-4-14-10(7)13/h2-5,15H,1H3,(H,16,17)(H,18,19). The van der Waals surface area contributed by atoms with Gasteiger partial charge in [0.05, 0.1) is 11.3 Å². The number of hydrogen-bond donors (Lipinski definition) is 3. The Balaban J connectivity index is 2.29. The number of rotatable bonds is 3. The van der Waals surface area contributed by atoms with Crippen molar-refractivity contribution in [2.45, 2.75) is 6.92 Å². The molecule has 0 saturated carbocycles. The zero-order chi connectivity index (χ0) is 14.0. The SMILES string of the molecule is Cc1cc(NC(=O)c2cccnc2Cl)c(C(=O)O)[nH]1. The molecule has 0 radical (unpaired) electrons. The Kier molecular flexibility index (Phi) is 3.52. The number of carbonyl (C=O) groups excluding carboxylic acids is 1. The van der Waals surface area contributed by atoms with E-state index < -0.39 is 11.9 Å². The maximum atomic E-state index is 12.0. The molecule has 0 bridgehead atoms. The molecule has 2 aromatic heterocycles. The lowest BCUT2D eigenvalue weighted by Crippen LogP contribution is -2.14. The van der Waals surface area contributed by atoms with Crippen molar-refractivity contribution in [1.82, 2.24) is 9.97 Å². The largest absolute Gasteiger partial charge is 0.477 e. The second-order valence-corrected chi connectivity index (χ2v) is 4.20. The molecule has 0 aliphatic carbocycles. The van der Waals surface area contributed by atoms with Crippen LogP contribution in [0.3, 0.4) is 0 Å². The van der Waals surface area contributed by atoms with Crippen LogP contribution < -0.4 is 5.32 Å². The van der Waals surface area contributed by atoms with Gasteiger partial charge in [-0.3, -0.25) is 4.79 Å². The number of pyridine rings is 1. The predicted octanol–water partition coefficient (Wildman–Crippen LogP) is 2.32. The minimum Gasteiger partial charge on any atom is -0.477 e. The van der Waals surface area contributed by atoms with Crippen molar-refractivity contribution in [3.8, 4) is 0 Å². The molecule has 3 N–H and O–H groups in total. The molecule has 98 valence electrons. The van der Waals surface area contributed by atoms with Crippen molar-refractivity contribution >= 4 is 29.2 Å². The first-order chi connectivity index (χ1) is 8.99. The van der Waals surface area contributed by atoms with Gasteiger partial charge in [0.15, 0.2) is 0 Å². The van der Waals surface area contributed by atoms with Crippen molar-refractivity contribution in [3.63, 3.8) is 0 Å². The van der Waals surface area contributed by atoms with Gasteiger partial charge in [-0.05, 0) is 25.1 Å². The fourth-order valence-corrected chi connectivity index (χ4v) is 1.81. The van der Waals surface area contributed by atoms with Gasteiger partial charge in [-0.1, -0.05) is 11.6 Å². The van der Waals surface area contributed by atoms with Crippen LogP contribution in [0, 0.1) is 6.92 Å². The highest BCUT2D eigenvalue weighted by molar-refractivity contribution is 6.33. The maximum absolute atomic E-state index is 12.0. The quantitative estimate of drug-likeness (QED) is 0.751. The first-order valence-corrected chi connectivity index (χ1v) is 5.71. The second-order valence-electron chi connectivity index (χ2n) is 3.84. The number of nitrogens with one attached hydrogen (secondary N) is 2. The molecule has 0 aliphatic heterocycles. The molecule has 0 aliphatic rings. The summed E-state index contributed by atoms with van der Waals surface area (Å²) in [6, 6.07) is 4.61. The Bertz CT molecular complexity index is 651. The average molecular weight is 280 g/mol. The number of aromatic carboxylic acids is 1. The first kappa shape index (κ1) is 13.1. The van der Waals surface area contributed by atoms with E-state index in [0.29, 0.717) is 5.69 Å². The van der Waals surface area contributed by atoms with Gasteiger partial charge in [0.1, 0.15) is 10.8 Å². The monoisotopic (exact) mass is 279 g/mol. The van der Waals surface area contributed by atoms with Gasteiger partial charge < -0.3 is 15.4 Å². The molecule has 0 unspecified atom stereocenters. The number of carboxylic acids is 1. The topological polar surface area (TPSA) is 95.1 Å². The van der Waals surface area contributed by atoms with Crippen LogP contribution in [-0.2, 0) is 0 Å². The van der Waals surface area contributed by atoms with E-state index in [1.54, 1.807) is 13.0 Å². The molecule has 2 rings (SSSR count). The van der Waals surface area contributed by atoms with E-state index in [0.717, 1.165) is 0 Å². The molecule has 0 fully saturated rings. The van der Waals surface area contributed by atoms with E-state index in [4.69, 9.17) is 16.7 Å². The predicted molar refractivity (Wildman–Crippen MR) is 69.7 cm³/mol. The molecule has 0 atom stereocenters. The summed E-state index contributed by atoms with van der Waals surface area (Å²) < 4.78 is 0. The maximum Gasteiger partial charge on any atom is 0.354 e. The summed E-state index contributed by atoms with van der Waals surface area (Å²) in [5, 5.41) is 11.5. The summed E-state index contributed by atoms with van der Waals surface area (Å²) in [7, 11) is 0. The number of amides is 1. The summed E-state index contributed by atoms with van der Waals surface area (Å²) in [6.07, 6.45) is 1.46. The lowest BCUT2D eigenvalue weighted by molar-refractivity contribution is 0.0692. The molecule has 1 amide bonds. The number of aromatic nitrogens is 2. The number of nitrogens with zero attached hydrogens (tertiary/aromatic N) is 1. The van der Waals surface area contributed by atoms with Gasteiger partial charge in [0, 0.05) is 11.9 Å². The third kappa shape index (κ3) is 2.74. The first-order valence-electron chi connectivity index (χ1n) is 5.34. The van der Waals surface area contributed by atoms with Crippen LogP contribution in [-0.4, -0.2) is 27.0 Å². The van der Waals surface area contributed by atoms with Crippen LogP contribution in [0.2, 0.25) is 5.15 Å². The number of aryl methyl sites for hydroxylation is 1. The summed E-state index contributed by atoms with van der Waals surface area (Å²) in [6.45, 7) is 1.69. The molecule has 19 heavy (non-hydrogen) atoms. The van der Waals surface area contributed by atoms with Gasteiger partial charge in [-0.2, -0.15) is 0 Å².